The third-order valence-corrected chi connectivity index (χ3v) is 6.53. The fraction of sp³-hybridized carbons (Fsp3) is 0.227. The highest BCUT2D eigenvalue weighted by Crippen LogP contribution is 2.17. The van der Waals surface area contributed by atoms with Crippen LogP contribution >= 0.6 is 0 Å². The van der Waals surface area contributed by atoms with Gasteiger partial charge in [-0.05, 0) is 31.5 Å². The molecule has 156 valence electrons. The number of nitrogens with zero attached hydrogens (tertiary/aromatic N) is 3. The van der Waals surface area contributed by atoms with E-state index in [0.717, 1.165) is 11.1 Å². The zero-order valence-electron chi connectivity index (χ0n) is 17.1. The molecule has 1 amide bonds. The molecule has 8 heteroatoms. The van der Waals surface area contributed by atoms with E-state index in [1.807, 2.05) is 44.2 Å². The molecule has 1 aromatic heterocycles. The number of hydrogen-bond donors (Lipinski definition) is 1. The van der Waals surface area contributed by atoms with E-state index in [1.165, 1.54) is 23.7 Å². The topological polar surface area (TPSA) is 92.3 Å². The predicted molar refractivity (Wildman–Crippen MR) is 114 cm³/mol. The molecule has 0 aliphatic rings. The zero-order valence-corrected chi connectivity index (χ0v) is 17.9. The molecule has 3 rings (SSSR count). The molecule has 3 aromatic rings. The number of amides is 1. The monoisotopic (exact) mass is 424 g/mol. The Balaban J connectivity index is 1.65. The largest absolute Gasteiger partial charge is 0.345 e. The van der Waals surface area contributed by atoms with Crippen molar-refractivity contribution in [2.24, 2.45) is 0 Å². The van der Waals surface area contributed by atoms with E-state index >= 15 is 0 Å². The van der Waals surface area contributed by atoms with E-state index in [1.54, 1.807) is 24.3 Å². The molecular weight excluding hydrogens is 400 g/mol. The molecule has 1 heterocycles. The smallest absolute Gasteiger partial charge is 0.254 e. The summed E-state index contributed by atoms with van der Waals surface area (Å²) in [5.41, 5.74) is 2.28. The second-order valence-corrected chi connectivity index (χ2v) is 9.11. The van der Waals surface area contributed by atoms with Gasteiger partial charge < -0.3 is 5.32 Å². The van der Waals surface area contributed by atoms with E-state index in [2.05, 4.69) is 15.3 Å². The standard InChI is InChI=1S/C22H24N4O3S/c1-16-9-11-20(12-10-16)30(28,29)26(3)15-21-23-13-19(14-24-21)22(27)25-17(2)18-7-5-4-6-8-18/h4-14,17H,15H2,1-3H3,(H,25,27)/t17-/m1/s1. The van der Waals surface area contributed by atoms with Crippen LogP contribution in [0.4, 0.5) is 0 Å². The number of aromatic nitrogens is 2. The van der Waals surface area contributed by atoms with Gasteiger partial charge in [-0.3, -0.25) is 4.79 Å². The number of sulfonamides is 1. The lowest BCUT2D eigenvalue weighted by Crippen LogP contribution is -2.28. The van der Waals surface area contributed by atoms with Gasteiger partial charge in [0, 0.05) is 19.4 Å². The molecule has 0 saturated carbocycles. The second kappa shape index (κ2) is 9.15. The van der Waals surface area contributed by atoms with Gasteiger partial charge >= 0.3 is 0 Å². The van der Waals surface area contributed by atoms with Crippen LogP contribution in [-0.4, -0.2) is 35.6 Å². The Kier molecular flexibility index (Phi) is 6.59. The summed E-state index contributed by atoms with van der Waals surface area (Å²) < 4.78 is 26.6. The normalized spacial score (nSPS) is 12.5. The van der Waals surface area contributed by atoms with Crippen molar-refractivity contribution in [1.82, 2.24) is 19.6 Å². The third kappa shape index (κ3) is 5.08. The van der Waals surface area contributed by atoms with Crippen molar-refractivity contribution in [3.05, 3.63) is 89.5 Å². The molecule has 0 spiro atoms. The number of aryl methyl sites for hydroxylation is 1. The van der Waals surface area contributed by atoms with Crippen molar-refractivity contribution < 1.29 is 13.2 Å². The first-order valence-corrected chi connectivity index (χ1v) is 10.9. The molecule has 0 aliphatic heterocycles. The maximum atomic E-state index is 12.7. The van der Waals surface area contributed by atoms with Crippen molar-refractivity contribution in [3.63, 3.8) is 0 Å². The average molecular weight is 425 g/mol. The Morgan fingerprint density at radius 1 is 1.03 bits per heavy atom. The number of hydrogen-bond acceptors (Lipinski definition) is 5. The van der Waals surface area contributed by atoms with Crippen molar-refractivity contribution in [3.8, 4) is 0 Å². The van der Waals surface area contributed by atoms with E-state index in [0.29, 0.717) is 11.4 Å². The Morgan fingerprint density at radius 3 is 2.23 bits per heavy atom. The van der Waals surface area contributed by atoms with Crippen LogP contribution in [0.1, 0.15) is 40.3 Å². The fourth-order valence-electron chi connectivity index (χ4n) is 2.83. The van der Waals surface area contributed by atoms with E-state index in [-0.39, 0.29) is 23.4 Å². The Hall–Kier alpha value is -3.10. The molecule has 2 aromatic carbocycles. The molecule has 0 unspecified atom stereocenters. The lowest BCUT2D eigenvalue weighted by Gasteiger charge is -2.17. The minimum absolute atomic E-state index is 0.00146. The maximum Gasteiger partial charge on any atom is 0.254 e. The summed E-state index contributed by atoms with van der Waals surface area (Å²) in [5, 5.41) is 2.90. The van der Waals surface area contributed by atoms with Gasteiger partial charge in [0.2, 0.25) is 10.0 Å². The summed E-state index contributed by atoms with van der Waals surface area (Å²) in [4.78, 5) is 21.0. The molecule has 7 nitrogen and oxygen atoms in total. The van der Waals surface area contributed by atoms with Gasteiger partial charge in [-0.1, -0.05) is 48.0 Å². The first-order chi connectivity index (χ1) is 14.3. The summed E-state index contributed by atoms with van der Waals surface area (Å²) in [7, 11) is -2.18. The van der Waals surface area contributed by atoms with Crippen LogP contribution in [0.2, 0.25) is 0 Å². The molecule has 1 atom stereocenters. The fourth-order valence-corrected chi connectivity index (χ4v) is 3.96. The SMILES string of the molecule is Cc1ccc(S(=O)(=O)N(C)Cc2ncc(C(=O)N[C@H](C)c3ccccc3)cn2)cc1. The van der Waals surface area contributed by atoms with E-state index in [9.17, 15) is 13.2 Å². The Bertz CT molecular complexity index is 1100. The lowest BCUT2D eigenvalue weighted by atomic mass is 10.1. The number of carbonyl (C=O) groups is 1. The van der Waals surface area contributed by atoms with Crippen molar-refractivity contribution in [1.29, 1.82) is 0 Å². The van der Waals surface area contributed by atoms with E-state index < -0.39 is 10.0 Å². The summed E-state index contributed by atoms with van der Waals surface area (Å²) in [5.74, 6) is 0.0133. The van der Waals surface area contributed by atoms with Crippen LogP contribution in [0.25, 0.3) is 0 Å². The van der Waals surface area contributed by atoms with Crippen LogP contribution < -0.4 is 5.32 Å². The molecule has 0 fully saturated rings. The molecule has 0 saturated heterocycles. The number of nitrogens with one attached hydrogen (secondary N) is 1. The minimum Gasteiger partial charge on any atom is -0.345 e. The highest BCUT2D eigenvalue weighted by Gasteiger charge is 2.22. The first kappa shape index (κ1) is 21.6. The Labute approximate surface area is 176 Å². The van der Waals surface area contributed by atoms with Gasteiger partial charge in [-0.25, -0.2) is 18.4 Å². The van der Waals surface area contributed by atoms with Crippen LogP contribution in [0, 0.1) is 6.92 Å². The van der Waals surface area contributed by atoms with Gasteiger partial charge in [0.05, 0.1) is 23.0 Å². The molecule has 1 N–H and O–H groups in total. The highest BCUT2D eigenvalue weighted by molar-refractivity contribution is 7.89. The number of rotatable bonds is 7. The molecule has 0 bridgehead atoms. The van der Waals surface area contributed by atoms with Crippen LogP contribution in [0.3, 0.4) is 0 Å². The van der Waals surface area contributed by atoms with Crippen LogP contribution in [0.5, 0.6) is 0 Å². The minimum atomic E-state index is -3.65. The predicted octanol–water partition coefficient (Wildman–Crippen LogP) is 3.10. The lowest BCUT2D eigenvalue weighted by molar-refractivity contribution is 0.0939. The van der Waals surface area contributed by atoms with Crippen LogP contribution in [-0.2, 0) is 16.6 Å². The van der Waals surface area contributed by atoms with Crippen molar-refractivity contribution in [2.75, 3.05) is 7.05 Å². The third-order valence-electron chi connectivity index (χ3n) is 4.71. The summed E-state index contributed by atoms with van der Waals surface area (Å²) in [6.07, 6.45) is 2.81. The number of benzene rings is 2. The second-order valence-electron chi connectivity index (χ2n) is 7.07. The quantitative estimate of drug-likeness (QED) is 0.629. The van der Waals surface area contributed by atoms with Crippen LogP contribution in [0.15, 0.2) is 71.9 Å². The zero-order chi connectivity index (χ0) is 21.7. The van der Waals surface area contributed by atoms with Gasteiger partial charge in [-0.2, -0.15) is 4.31 Å². The molecular formula is C22H24N4O3S. The first-order valence-electron chi connectivity index (χ1n) is 9.47. The molecule has 0 aliphatic carbocycles. The van der Waals surface area contributed by atoms with Gasteiger partial charge in [0.15, 0.2) is 0 Å². The van der Waals surface area contributed by atoms with Crippen molar-refractivity contribution in [2.45, 2.75) is 31.3 Å². The average Bonchev–Trinajstić information content (AvgIpc) is 2.75. The summed E-state index contributed by atoms with van der Waals surface area (Å²) >= 11 is 0. The number of carbonyl (C=O) groups excluding carboxylic acids is 1. The molecule has 0 radical (unpaired) electrons. The summed E-state index contributed by atoms with van der Waals surface area (Å²) in [6, 6.07) is 16.1. The van der Waals surface area contributed by atoms with Gasteiger partial charge in [0.25, 0.3) is 5.91 Å². The molecule has 30 heavy (non-hydrogen) atoms. The van der Waals surface area contributed by atoms with Gasteiger partial charge in [-0.15, -0.1) is 0 Å². The highest BCUT2D eigenvalue weighted by atomic mass is 32.2. The van der Waals surface area contributed by atoms with E-state index in [4.69, 9.17) is 0 Å². The summed E-state index contributed by atoms with van der Waals surface area (Å²) in [6.45, 7) is 3.79. The maximum absolute atomic E-state index is 12.7. The van der Waals surface area contributed by atoms with Gasteiger partial charge in [0.1, 0.15) is 5.82 Å². The Morgan fingerprint density at radius 2 is 1.63 bits per heavy atom. The van der Waals surface area contributed by atoms with Crippen molar-refractivity contribution >= 4 is 15.9 Å².